The monoisotopic (exact) mass is 360 g/mol. The summed E-state index contributed by atoms with van der Waals surface area (Å²) in [6.45, 7) is 0.107. The molecule has 1 saturated heterocycles. The normalized spacial score (nSPS) is 15.9. The van der Waals surface area contributed by atoms with Crippen LogP contribution in [0.5, 0.6) is 0 Å². The zero-order valence-electron chi connectivity index (χ0n) is 12.9. The maximum absolute atomic E-state index is 13.7. The van der Waals surface area contributed by atoms with Crippen molar-refractivity contribution in [3.05, 3.63) is 64.7 Å². The average Bonchev–Trinajstić information content (AvgIpc) is 3.21. The summed E-state index contributed by atoms with van der Waals surface area (Å²) in [7, 11) is 0. The van der Waals surface area contributed by atoms with Gasteiger partial charge >= 0.3 is 0 Å². The molecule has 0 atom stereocenters. The number of halogens is 1. The lowest BCUT2D eigenvalue weighted by Gasteiger charge is -2.12. The maximum atomic E-state index is 13.7. The molecule has 1 aromatic heterocycles. The first-order valence-electron chi connectivity index (χ1n) is 7.38. The van der Waals surface area contributed by atoms with Gasteiger partial charge in [0.1, 0.15) is 5.82 Å². The van der Waals surface area contributed by atoms with Gasteiger partial charge in [-0.2, -0.15) is 0 Å². The molecule has 1 aromatic carbocycles. The predicted molar refractivity (Wildman–Crippen MR) is 90.1 cm³/mol. The minimum Gasteiger partial charge on any atom is -0.459 e. The van der Waals surface area contributed by atoms with E-state index in [2.05, 4.69) is 5.32 Å². The number of amides is 3. The van der Waals surface area contributed by atoms with Gasteiger partial charge in [0, 0.05) is 18.7 Å². The van der Waals surface area contributed by atoms with Crippen LogP contribution in [0.25, 0.3) is 6.08 Å². The Kier molecular flexibility index (Phi) is 4.99. The van der Waals surface area contributed by atoms with Crippen molar-refractivity contribution in [3.63, 3.8) is 0 Å². The Bertz CT molecular complexity index is 848. The average molecular weight is 360 g/mol. The molecule has 8 heteroatoms. The molecular weight excluding hydrogens is 347 g/mol. The Labute approximate surface area is 146 Å². The molecule has 1 N–H and O–H groups in total. The van der Waals surface area contributed by atoms with Crippen LogP contribution in [0.15, 0.2) is 52.0 Å². The van der Waals surface area contributed by atoms with Crippen molar-refractivity contribution in [1.29, 1.82) is 0 Å². The first kappa shape index (κ1) is 17.0. The number of furan rings is 1. The summed E-state index contributed by atoms with van der Waals surface area (Å²) < 4.78 is 18.6. The highest BCUT2D eigenvalue weighted by Gasteiger charge is 2.34. The first-order chi connectivity index (χ1) is 12.1. The second kappa shape index (κ2) is 7.35. The fourth-order valence-corrected chi connectivity index (χ4v) is 3.06. The molecular formula is C17H13FN2O4S. The Hall–Kier alpha value is -2.87. The van der Waals surface area contributed by atoms with Crippen LogP contribution in [0, 0.1) is 5.82 Å². The quantitative estimate of drug-likeness (QED) is 0.830. The van der Waals surface area contributed by atoms with E-state index in [0.717, 1.165) is 16.7 Å². The Morgan fingerprint density at radius 2 is 2.04 bits per heavy atom. The third-order valence-electron chi connectivity index (χ3n) is 3.43. The zero-order chi connectivity index (χ0) is 17.8. The van der Waals surface area contributed by atoms with E-state index >= 15 is 0 Å². The van der Waals surface area contributed by atoms with Gasteiger partial charge in [-0.3, -0.25) is 19.3 Å². The van der Waals surface area contributed by atoms with E-state index in [1.54, 1.807) is 18.2 Å². The van der Waals surface area contributed by atoms with E-state index in [1.807, 2.05) is 0 Å². The molecule has 3 rings (SSSR count). The highest BCUT2D eigenvalue weighted by atomic mass is 32.2. The van der Waals surface area contributed by atoms with Gasteiger partial charge in [-0.25, -0.2) is 4.39 Å². The molecule has 1 aliphatic heterocycles. The summed E-state index contributed by atoms with van der Waals surface area (Å²) in [5.74, 6) is -1.27. The summed E-state index contributed by atoms with van der Waals surface area (Å²) in [6.07, 6.45) is 2.72. The molecule has 0 saturated carbocycles. The summed E-state index contributed by atoms with van der Waals surface area (Å²) in [5.41, 5.74) is 0.235. The highest BCUT2D eigenvalue weighted by molar-refractivity contribution is 8.18. The van der Waals surface area contributed by atoms with Crippen molar-refractivity contribution in [3.8, 4) is 0 Å². The molecule has 2 heterocycles. The van der Waals surface area contributed by atoms with Gasteiger partial charge in [0.2, 0.25) is 0 Å². The fraction of sp³-hybridized carbons (Fsp3) is 0.118. The van der Waals surface area contributed by atoms with Crippen LogP contribution in [0.3, 0.4) is 0 Å². The summed E-state index contributed by atoms with van der Waals surface area (Å²) in [4.78, 5) is 37.2. The number of rotatable bonds is 5. The van der Waals surface area contributed by atoms with E-state index in [4.69, 9.17) is 4.42 Å². The van der Waals surface area contributed by atoms with E-state index < -0.39 is 22.9 Å². The topological polar surface area (TPSA) is 79.6 Å². The van der Waals surface area contributed by atoms with E-state index in [-0.39, 0.29) is 29.3 Å². The number of hydrogen-bond donors (Lipinski definition) is 1. The molecule has 0 spiro atoms. The summed E-state index contributed by atoms with van der Waals surface area (Å²) in [5, 5.41) is 2.10. The van der Waals surface area contributed by atoms with Gasteiger partial charge in [0.25, 0.3) is 17.1 Å². The number of imide groups is 1. The molecule has 6 nitrogen and oxygen atoms in total. The number of thioether (sulfide) groups is 1. The van der Waals surface area contributed by atoms with Crippen molar-refractivity contribution >= 4 is 34.9 Å². The van der Waals surface area contributed by atoms with Gasteiger partial charge in [0.05, 0.1) is 11.2 Å². The van der Waals surface area contributed by atoms with Crippen LogP contribution in [-0.2, 0) is 4.79 Å². The number of carbonyl (C=O) groups is 3. The highest BCUT2D eigenvalue weighted by Crippen LogP contribution is 2.32. The Morgan fingerprint density at radius 1 is 1.24 bits per heavy atom. The smallest absolute Gasteiger partial charge is 0.293 e. The first-order valence-corrected chi connectivity index (χ1v) is 8.19. The van der Waals surface area contributed by atoms with Crippen molar-refractivity contribution in [2.75, 3.05) is 13.1 Å². The molecule has 0 radical (unpaired) electrons. The van der Waals surface area contributed by atoms with Crippen LogP contribution < -0.4 is 5.32 Å². The lowest BCUT2D eigenvalue weighted by atomic mass is 10.2. The fourth-order valence-electron chi connectivity index (χ4n) is 2.20. The molecule has 128 valence electrons. The number of carbonyl (C=O) groups excluding carboxylic acids is 3. The number of hydrogen-bond acceptors (Lipinski definition) is 5. The third-order valence-corrected chi connectivity index (χ3v) is 4.34. The van der Waals surface area contributed by atoms with Crippen molar-refractivity contribution in [1.82, 2.24) is 10.2 Å². The standard InChI is InChI=1S/C17H13FN2O4S/c18-12-5-2-1-4-11(12)10-14-16(22)20(17(23)25-14)8-7-19-15(21)13-6-3-9-24-13/h1-6,9-10H,7-8H2,(H,19,21)/b14-10-. The van der Waals surface area contributed by atoms with E-state index in [0.29, 0.717) is 0 Å². The Balaban J connectivity index is 1.62. The molecule has 1 fully saturated rings. The molecule has 1 aliphatic rings. The maximum Gasteiger partial charge on any atom is 0.293 e. The summed E-state index contributed by atoms with van der Waals surface area (Å²) in [6, 6.07) is 9.07. The van der Waals surface area contributed by atoms with E-state index in [1.165, 1.54) is 30.5 Å². The minimum atomic E-state index is -0.509. The van der Waals surface area contributed by atoms with Crippen LogP contribution in [-0.4, -0.2) is 35.0 Å². The summed E-state index contributed by atoms with van der Waals surface area (Å²) >= 11 is 0.743. The predicted octanol–water partition coefficient (Wildman–Crippen LogP) is 2.89. The van der Waals surface area contributed by atoms with Crippen LogP contribution >= 0.6 is 11.8 Å². The van der Waals surface area contributed by atoms with Gasteiger partial charge in [-0.05, 0) is 36.0 Å². The minimum absolute atomic E-state index is 0.0196. The van der Waals surface area contributed by atoms with Crippen molar-refractivity contribution in [2.24, 2.45) is 0 Å². The number of nitrogens with one attached hydrogen (secondary N) is 1. The largest absolute Gasteiger partial charge is 0.459 e. The second-order valence-corrected chi connectivity index (χ2v) is 6.08. The van der Waals surface area contributed by atoms with Crippen LogP contribution in [0.2, 0.25) is 0 Å². The Morgan fingerprint density at radius 3 is 2.76 bits per heavy atom. The van der Waals surface area contributed by atoms with Gasteiger partial charge in [0.15, 0.2) is 5.76 Å². The van der Waals surface area contributed by atoms with Crippen LogP contribution in [0.1, 0.15) is 16.1 Å². The zero-order valence-corrected chi connectivity index (χ0v) is 13.7. The molecule has 2 aromatic rings. The molecule has 3 amide bonds. The molecule has 25 heavy (non-hydrogen) atoms. The number of benzene rings is 1. The third kappa shape index (κ3) is 3.80. The van der Waals surface area contributed by atoms with E-state index in [9.17, 15) is 18.8 Å². The lowest BCUT2D eigenvalue weighted by molar-refractivity contribution is -0.122. The SMILES string of the molecule is O=C(NCCN1C(=O)S/C(=C\c2ccccc2F)C1=O)c1ccco1. The molecule has 0 bridgehead atoms. The van der Waals surface area contributed by atoms with Crippen LogP contribution in [0.4, 0.5) is 9.18 Å². The lowest BCUT2D eigenvalue weighted by Crippen LogP contribution is -2.37. The number of nitrogens with zero attached hydrogens (tertiary/aromatic N) is 1. The van der Waals surface area contributed by atoms with Gasteiger partial charge in [-0.15, -0.1) is 0 Å². The van der Waals surface area contributed by atoms with Gasteiger partial charge < -0.3 is 9.73 Å². The molecule has 0 aliphatic carbocycles. The van der Waals surface area contributed by atoms with Crippen molar-refractivity contribution in [2.45, 2.75) is 0 Å². The van der Waals surface area contributed by atoms with Gasteiger partial charge in [-0.1, -0.05) is 18.2 Å². The molecule has 0 unspecified atom stereocenters. The second-order valence-electron chi connectivity index (χ2n) is 5.09. The van der Waals surface area contributed by atoms with Crippen molar-refractivity contribution < 1.29 is 23.2 Å².